The summed E-state index contributed by atoms with van der Waals surface area (Å²) in [4.78, 5) is 31.6. The van der Waals surface area contributed by atoms with Crippen LogP contribution in [0.3, 0.4) is 0 Å². The Morgan fingerprint density at radius 3 is 2.60 bits per heavy atom. The third-order valence-electron chi connectivity index (χ3n) is 6.28. The zero-order valence-electron chi connectivity index (χ0n) is 21.3. The largest absolute Gasteiger partial charge is 0.497 e. The molecule has 0 atom stereocenters. The molecule has 1 fully saturated rings. The fourth-order valence-electron chi connectivity index (χ4n) is 4.33. The molecule has 12 nitrogen and oxygen atoms in total. The molecule has 15 heteroatoms. The molecule has 2 heterocycles. The number of carbonyl (C=O) groups is 2. The minimum absolute atomic E-state index is 0.0466. The molecule has 5 rings (SSSR count). The Labute approximate surface area is 238 Å². The molecule has 1 saturated carbocycles. The van der Waals surface area contributed by atoms with Gasteiger partial charge in [0.15, 0.2) is 15.1 Å². The lowest BCUT2D eigenvalue weighted by Gasteiger charge is -2.15. The summed E-state index contributed by atoms with van der Waals surface area (Å²) < 4.78 is 31.6. The summed E-state index contributed by atoms with van der Waals surface area (Å²) in [5.41, 5.74) is 0.924. The van der Waals surface area contributed by atoms with Crippen LogP contribution in [0, 0.1) is 5.92 Å². The predicted octanol–water partition coefficient (Wildman–Crippen LogP) is 4.81. The lowest BCUT2D eigenvalue weighted by molar-refractivity contribution is 0.0923. The van der Waals surface area contributed by atoms with Gasteiger partial charge in [0, 0.05) is 22.1 Å². The number of Topliss-reactive ketones (excluding diaryl/α,β-unsaturated/α-hetero) is 1. The van der Waals surface area contributed by atoms with Crippen LogP contribution in [0.2, 0.25) is 0 Å². The number of ketones is 1. The van der Waals surface area contributed by atoms with Crippen LogP contribution in [0.25, 0.3) is 0 Å². The van der Waals surface area contributed by atoms with E-state index in [4.69, 9.17) is 4.74 Å². The molecule has 3 N–H and O–H groups in total. The number of ether oxygens (including phenoxy) is 1. The van der Waals surface area contributed by atoms with Gasteiger partial charge in [-0.1, -0.05) is 47.5 Å². The zero-order chi connectivity index (χ0) is 28.1. The van der Waals surface area contributed by atoms with Crippen LogP contribution >= 0.6 is 23.1 Å². The summed E-state index contributed by atoms with van der Waals surface area (Å²) in [5.74, 6) is 0.574. The highest BCUT2D eigenvalue weighted by atomic mass is 32.2. The molecule has 2 aromatic heterocycles. The number of amides is 2. The summed E-state index contributed by atoms with van der Waals surface area (Å²) in [5, 5.41) is 17.6. The summed E-state index contributed by atoms with van der Waals surface area (Å²) in [6, 6.07) is 13.6. The van der Waals surface area contributed by atoms with Gasteiger partial charge in [-0.05, 0) is 48.4 Å². The first-order chi connectivity index (χ1) is 19.3. The molecule has 0 aliphatic heterocycles. The molecule has 0 radical (unpaired) electrons. The van der Waals surface area contributed by atoms with Crippen molar-refractivity contribution in [3.05, 3.63) is 59.8 Å². The quantitative estimate of drug-likeness (QED) is 0.170. The van der Waals surface area contributed by atoms with Crippen LogP contribution in [0.1, 0.15) is 41.7 Å². The number of hydrogen-bond donors (Lipinski definition) is 3. The number of rotatable bonds is 10. The van der Waals surface area contributed by atoms with Crippen LogP contribution in [-0.2, 0) is 15.6 Å². The summed E-state index contributed by atoms with van der Waals surface area (Å²) >= 11 is 2.18. The first kappa shape index (κ1) is 27.7. The van der Waals surface area contributed by atoms with Crippen LogP contribution < -0.4 is 15.4 Å². The van der Waals surface area contributed by atoms with Gasteiger partial charge in [-0.3, -0.25) is 10.1 Å². The highest BCUT2D eigenvalue weighted by Gasteiger charge is 2.31. The van der Waals surface area contributed by atoms with Crippen LogP contribution in [-0.4, -0.2) is 53.0 Å². The van der Waals surface area contributed by atoms with Gasteiger partial charge in [-0.25, -0.2) is 18.2 Å². The maximum absolute atomic E-state index is 13.2. The van der Waals surface area contributed by atoms with E-state index in [-0.39, 0.29) is 32.5 Å². The Hall–Kier alpha value is -3.82. The number of sulfone groups is 1. The molecule has 0 unspecified atom stereocenters. The number of hydrogen-bond acceptors (Lipinski definition) is 11. The van der Waals surface area contributed by atoms with Gasteiger partial charge in [0.25, 0.3) is 15.0 Å². The van der Waals surface area contributed by atoms with Gasteiger partial charge in [-0.2, -0.15) is 5.21 Å². The molecule has 2 amide bonds. The number of methoxy groups -OCH3 is 1. The van der Waals surface area contributed by atoms with Gasteiger partial charge < -0.3 is 10.1 Å². The van der Waals surface area contributed by atoms with E-state index in [0.29, 0.717) is 17.0 Å². The van der Waals surface area contributed by atoms with Gasteiger partial charge >= 0.3 is 6.03 Å². The van der Waals surface area contributed by atoms with Crippen molar-refractivity contribution >= 4 is 55.6 Å². The molecule has 2 aromatic carbocycles. The fraction of sp³-hybridized carbons (Fsp3) is 0.280. The van der Waals surface area contributed by atoms with Crippen LogP contribution in [0.4, 0.5) is 15.6 Å². The SMILES string of the molecule is COc1ccc(NC(=O)Nc2nc(CSc3ccccc3)c(S(=O)(=O)c3nn[nH]n3)s2)c(C(=O)C2CCCC2)c1. The Bertz CT molecular complexity index is 1600. The first-order valence-corrected chi connectivity index (χ1v) is 15.6. The van der Waals surface area contributed by atoms with Crippen molar-refractivity contribution in [2.24, 2.45) is 5.92 Å². The third kappa shape index (κ3) is 6.16. The second-order valence-electron chi connectivity index (χ2n) is 8.89. The molecule has 4 aromatic rings. The van der Waals surface area contributed by atoms with Crippen molar-refractivity contribution in [3.8, 4) is 5.75 Å². The molecule has 1 aliphatic rings. The third-order valence-corrected chi connectivity index (χ3v) is 10.4. The topological polar surface area (TPSA) is 169 Å². The number of tetrazole rings is 1. The number of thioether (sulfide) groups is 1. The molecule has 40 heavy (non-hydrogen) atoms. The Morgan fingerprint density at radius 1 is 1.12 bits per heavy atom. The predicted molar refractivity (Wildman–Crippen MR) is 150 cm³/mol. The Kier molecular flexibility index (Phi) is 8.42. The fourth-order valence-corrected chi connectivity index (χ4v) is 7.89. The molecule has 0 saturated heterocycles. The maximum Gasteiger partial charge on any atom is 0.325 e. The number of nitrogens with zero attached hydrogens (tertiary/aromatic N) is 4. The number of H-pyrrole nitrogens is 1. The van der Waals surface area contributed by atoms with E-state index in [1.165, 1.54) is 18.9 Å². The van der Waals surface area contributed by atoms with E-state index in [0.717, 1.165) is 41.9 Å². The summed E-state index contributed by atoms with van der Waals surface area (Å²) in [6.45, 7) is 0. The van der Waals surface area contributed by atoms with Crippen molar-refractivity contribution in [3.63, 3.8) is 0 Å². The monoisotopic (exact) mass is 599 g/mol. The average molecular weight is 600 g/mol. The maximum atomic E-state index is 13.2. The summed E-state index contributed by atoms with van der Waals surface area (Å²) in [7, 11) is -2.63. The van der Waals surface area contributed by atoms with E-state index < -0.39 is 21.0 Å². The molecule has 0 spiro atoms. The van der Waals surface area contributed by atoms with Crippen molar-refractivity contribution in [2.75, 3.05) is 17.7 Å². The number of aromatic nitrogens is 5. The van der Waals surface area contributed by atoms with Gasteiger partial charge in [0.2, 0.25) is 0 Å². The van der Waals surface area contributed by atoms with Crippen molar-refractivity contribution < 1.29 is 22.7 Å². The molecule has 0 bridgehead atoms. The van der Waals surface area contributed by atoms with E-state index in [1.807, 2.05) is 30.3 Å². The lowest BCUT2D eigenvalue weighted by atomic mass is 9.95. The number of thiazole rings is 1. The molecule has 1 aliphatic carbocycles. The number of urea groups is 1. The van der Waals surface area contributed by atoms with E-state index in [2.05, 4.69) is 36.2 Å². The average Bonchev–Trinajstić information content (AvgIpc) is 3.75. The normalized spacial score (nSPS) is 13.7. The van der Waals surface area contributed by atoms with Gasteiger partial charge in [0.1, 0.15) is 5.75 Å². The zero-order valence-corrected chi connectivity index (χ0v) is 23.7. The van der Waals surface area contributed by atoms with Gasteiger partial charge in [0.05, 0.1) is 18.5 Å². The number of carbonyl (C=O) groups excluding carboxylic acids is 2. The second kappa shape index (κ2) is 12.1. The van der Waals surface area contributed by atoms with Crippen molar-refractivity contribution in [1.82, 2.24) is 25.6 Å². The van der Waals surface area contributed by atoms with Crippen molar-refractivity contribution in [2.45, 2.75) is 45.7 Å². The highest BCUT2D eigenvalue weighted by Crippen LogP contribution is 2.35. The van der Waals surface area contributed by atoms with E-state index in [9.17, 15) is 18.0 Å². The lowest BCUT2D eigenvalue weighted by Crippen LogP contribution is -2.22. The van der Waals surface area contributed by atoms with Crippen molar-refractivity contribution in [1.29, 1.82) is 0 Å². The number of nitrogens with one attached hydrogen (secondary N) is 3. The number of benzene rings is 2. The minimum Gasteiger partial charge on any atom is -0.497 e. The number of aromatic amines is 1. The number of anilines is 2. The smallest absolute Gasteiger partial charge is 0.325 e. The molecular formula is C25H25N7O5S3. The van der Waals surface area contributed by atoms with Crippen LogP contribution in [0.5, 0.6) is 5.75 Å². The Morgan fingerprint density at radius 2 is 1.90 bits per heavy atom. The second-order valence-corrected chi connectivity index (χ2v) is 13.0. The van der Waals surface area contributed by atoms with E-state index >= 15 is 0 Å². The molecule has 208 valence electrons. The van der Waals surface area contributed by atoms with E-state index in [1.54, 1.807) is 18.2 Å². The van der Waals surface area contributed by atoms with Gasteiger partial charge in [-0.15, -0.1) is 16.9 Å². The standard InChI is InChI=1S/C25H25N7O5S3/c1-37-16-11-12-19(18(13-16)21(33)15-7-5-6-8-15)26-23(34)28-24-27-20(14-38-17-9-3-2-4-10-17)22(39-24)40(35,36)25-29-31-32-30-25/h2-4,9-13,15H,5-8,14H2,1H3,(H2,26,27,28,34)(H,29,30,31,32). The minimum atomic E-state index is -4.14. The highest BCUT2D eigenvalue weighted by molar-refractivity contribution is 7.98. The van der Waals surface area contributed by atoms with Crippen LogP contribution in [0.15, 0.2) is 62.8 Å². The first-order valence-electron chi connectivity index (χ1n) is 12.3. The Balaban J connectivity index is 1.39. The summed E-state index contributed by atoms with van der Waals surface area (Å²) in [6.07, 6.45) is 3.60. The molecular weight excluding hydrogens is 575 g/mol.